The normalized spacial score (nSPS) is 16.1. The van der Waals surface area contributed by atoms with Crippen LogP contribution in [-0.4, -0.2) is 19.6 Å². The monoisotopic (exact) mass is 204 g/mol. The lowest BCUT2D eigenvalue weighted by molar-refractivity contribution is 0.365. The van der Waals surface area contributed by atoms with E-state index in [-0.39, 0.29) is 0 Å². The third-order valence-electron chi connectivity index (χ3n) is 3.17. The highest BCUT2D eigenvalue weighted by Gasteiger charge is 2.16. The molecule has 1 aromatic rings. The Morgan fingerprint density at radius 1 is 1.40 bits per heavy atom. The first kappa shape index (κ1) is 10.5. The molecule has 0 aliphatic carbocycles. The molecule has 0 spiro atoms. The van der Waals surface area contributed by atoms with Crippen LogP contribution in [0.15, 0.2) is 18.2 Å². The molecule has 0 unspecified atom stereocenters. The highest BCUT2D eigenvalue weighted by Crippen LogP contribution is 2.21. The summed E-state index contributed by atoms with van der Waals surface area (Å²) in [6, 6.07) is 6.54. The van der Waals surface area contributed by atoms with E-state index in [2.05, 4.69) is 42.7 Å². The Balaban J connectivity index is 2.04. The number of rotatable bonds is 4. The number of nitrogens with one attached hydrogen (secondary N) is 2. The second-order valence-corrected chi connectivity index (χ2v) is 4.37. The van der Waals surface area contributed by atoms with Crippen LogP contribution < -0.4 is 10.6 Å². The average molecular weight is 204 g/mol. The lowest BCUT2D eigenvalue weighted by atomic mass is 10.0. The van der Waals surface area contributed by atoms with Gasteiger partial charge in [0.2, 0.25) is 0 Å². The second kappa shape index (κ2) is 4.67. The summed E-state index contributed by atoms with van der Waals surface area (Å²) < 4.78 is 0. The van der Waals surface area contributed by atoms with Crippen molar-refractivity contribution in [3.8, 4) is 0 Å². The molecule has 1 aromatic carbocycles. The van der Waals surface area contributed by atoms with Crippen LogP contribution in [0.2, 0.25) is 0 Å². The van der Waals surface area contributed by atoms with Gasteiger partial charge in [0.25, 0.3) is 0 Å². The largest absolute Gasteiger partial charge is 0.384 e. The number of para-hydroxylation sites is 1. The molecule has 2 nitrogen and oxygen atoms in total. The predicted molar refractivity (Wildman–Crippen MR) is 65.4 cm³/mol. The molecule has 2 rings (SSSR count). The standard InChI is InChI=1S/C13H20N2/c1-3-12-6-4-5-10(2)13(12)15-9-11-7-14-8-11/h4-6,11,14-15H,3,7-9H2,1-2H3. The summed E-state index contributed by atoms with van der Waals surface area (Å²) in [5, 5.41) is 6.90. The van der Waals surface area contributed by atoms with E-state index in [1.165, 1.54) is 29.9 Å². The van der Waals surface area contributed by atoms with Gasteiger partial charge in [0.05, 0.1) is 0 Å². The fraction of sp³-hybridized carbons (Fsp3) is 0.538. The molecule has 0 saturated carbocycles. The molecule has 0 bridgehead atoms. The van der Waals surface area contributed by atoms with Crippen LogP contribution in [0.3, 0.4) is 0 Å². The maximum Gasteiger partial charge on any atom is 0.0402 e. The van der Waals surface area contributed by atoms with Crippen molar-refractivity contribution in [1.82, 2.24) is 5.32 Å². The van der Waals surface area contributed by atoms with E-state index >= 15 is 0 Å². The molecule has 0 radical (unpaired) electrons. The summed E-state index contributed by atoms with van der Waals surface area (Å²) in [7, 11) is 0. The molecule has 0 aromatic heterocycles. The minimum Gasteiger partial charge on any atom is -0.384 e. The smallest absolute Gasteiger partial charge is 0.0402 e. The van der Waals surface area contributed by atoms with Crippen LogP contribution in [-0.2, 0) is 6.42 Å². The molecule has 1 heterocycles. The quantitative estimate of drug-likeness (QED) is 0.785. The van der Waals surface area contributed by atoms with Crippen LogP contribution in [0, 0.1) is 12.8 Å². The molecule has 15 heavy (non-hydrogen) atoms. The first-order valence-electron chi connectivity index (χ1n) is 5.84. The van der Waals surface area contributed by atoms with Crippen molar-refractivity contribution >= 4 is 5.69 Å². The topological polar surface area (TPSA) is 24.1 Å². The van der Waals surface area contributed by atoms with E-state index in [9.17, 15) is 0 Å². The average Bonchev–Trinajstić information content (AvgIpc) is 2.17. The van der Waals surface area contributed by atoms with Crippen LogP contribution in [0.5, 0.6) is 0 Å². The third kappa shape index (κ3) is 2.32. The SMILES string of the molecule is CCc1cccc(C)c1NCC1CNC1. The maximum absolute atomic E-state index is 3.59. The Morgan fingerprint density at radius 2 is 2.20 bits per heavy atom. The van der Waals surface area contributed by atoms with Crippen molar-refractivity contribution in [1.29, 1.82) is 0 Å². The minimum absolute atomic E-state index is 0.814. The van der Waals surface area contributed by atoms with Crippen molar-refractivity contribution in [3.63, 3.8) is 0 Å². The van der Waals surface area contributed by atoms with Crippen molar-refractivity contribution in [2.75, 3.05) is 25.0 Å². The van der Waals surface area contributed by atoms with Gasteiger partial charge in [-0.05, 0) is 24.5 Å². The van der Waals surface area contributed by atoms with Gasteiger partial charge in [-0.25, -0.2) is 0 Å². The van der Waals surface area contributed by atoms with Crippen molar-refractivity contribution in [3.05, 3.63) is 29.3 Å². The lowest BCUT2D eigenvalue weighted by Gasteiger charge is -2.28. The molecule has 0 atom stereocenters. The molecule has 1 fully saturated rings. The van der Waals surface area contributed by atoms with E-state index in [1.807, 2.05) is 0 Å². The highest BCUT2D eigenvalue weighted by atomic mass is 15.0. The Morgan fingerprint density at radius 3 is 2.80 bits per heavy atom. The summed E-state index contributed by atoms with van der Waals surface area (Å²) in [6.45, 7) is 7.83. The van der Waals surface area contributed by atoms with E-state index in [1.54, 1.807) is 0 Å². The van der Waals surface area contributed by atoms with Crippen molar-refractivity contribution in [2.24, 2.45) is 5.92 Å². The predicted octanol–water partition coefficient (Wildman–Crippen LogP) is 2.19. The van der Waals surface area contributed by atoms with E-state index in [0.717, 1.165) is 18.9 Å². The number of anilines is 1. The first-order chi connectivity index (χ1) is 7.31. The van der Waals surface area contributed by atoms with Crippen LogP contribution in [0.1, 0.15) is 18.1 Å². The zero-order valence-corrected chi connectivity index (χ0v) is 9.64. The number of hydrogen-bond donors (Lipinski definition) is 2. The Hall–Kier alpha value is -1.02. The van der Waals surface area contributed by atoms with E-state index in [0.29, 0.717) is 0 Å². The van der Waals surface area contributed by atoms with Gasteiger partial charge in [-0.2, -0.15) is 0 Å². The fourth-order valence-electron chi connectivity index (χ4n) is 2.02. The summed E-state index contributed by atoms with van der Waals surface area (Å²) >= 11 is 0. The minimum atomic E-state index is 0.814. The summed E-state index contributed by atoms with van der Waals surface area (Å²) in [5.41, 5.74) is 4.15. The highest BCUT2D eigenvalue weighted by molar-refractivity contribution is 5.57. The maximum atomic E-state index is 3.59. The number of aryl methyl sites for hydroxylation is 2. The molecular formula is C13H20N2. The molecule has 1 aliphatic rings. The van der Waals surface area contributed by atoms with Gasteiger partial charge in [0, 0.05) is 31.2 Å². The first-order valence-corrected chi connectivity index (χ1v) is 5.84. The zero-order chi connectivity index (χ0) is 10.7. The van der Waals surface area contributed by atoms with Crippen molar-refractivity contribution in [2.45, 2.75) is 20.3 Å². The lowest BCUT2D eigenvalue weighted by Crippen LogP contribution is -2.45. The van der Waals surface area contributed by atoms with Crippen LogP contribution in [0.4, 0.5) is 5.69 Å². The zero-order valence-electron chi connectivity index (χ0n) is 9.64. The van der Waals surface area contributed by atoms with Crippen molar-refractivity contribution < 1.29 is 0 Å². The van der Waals surface area contributed by atoms with E-state index < -0.39 is 0 Å². The molecular weight excluding hydrogens is 184 g/mol. The van der Waals surface area contributed by atoms with E-state index in [4.69, 9.17) is 0 Å². The number of benzene rings is 1. The molecule has 2 N–H and O–H groups in total. The third-order valence-corrected chi connectivity index (χ3v) is 3.17. The van der Waals surface area contributed by atoms with Gasteiger partial charge < -0.3 is 10.6 Å². The molecule has 2 heteroatoms. The summed E-state index contributed by atoms with van der Waals surface area (Å²) in [5.74, 6) is 0.814. The summed E-state index contributed by atoms with van der Waals surface area (Å²) in [4.78, 5) is 0. The molecule has 1 aliphatic heterocycles. The van der Waals surface area contributed by atoms with Gasteiger partial charge in [-0.3, -0.25) is 0 Å². The Labute approximate surface area is 92.1 Å². The van der Waals surface area contributed by atoms with Gasteiger partial charge in [0.15, 0.2) is 0 Å². The van der Waals surface area contributed by atoms with Gasteiger partial charge >= 0.3 is 0 Å². The molecule has 1 saturated heterocycles. The van der Waals surface area contributed by atoms with Gasteiger partial charge in [-0.1, -0.05) is 25.1 Å². The number of hydrogen-bond acceptors (Lipinski definition) is 2. The summed E-state index contributed by atoms with van der Waals surface area (Å²) in [6.07, 6.45) is 1.10. The molecule has 0 amide bonds. The Bertz CT molecular complexity index is 329. The fourth-order valence-corrected chi connectivity index (χ4v) is 2.02. The second-order valence-electron chi connectivity index (χ2n) is 4.37. The van der Waals surface area contributed by atoms with Gasteiger partial charge in [0.1, 0.15) is 0 Å². The van der Waals surface area contributed by atoms with Crippen LogP contribution >= 0.6 is 0 Å². The molecule has 82 valence electrons. The Kier molecular flexibility index (Phi) is 3.27. The van der Waals surface area contributed by atoms with Gasteiger partial charge in [-0.15, -0.1) is 0 Å². The van der Waals surface area contributed by atoms with Crippen LogP contribution in [0.25, 0.3) is 0 Å².